The van der Waals surface area contributed by atoms with Gasteiger partial charge < -0.3 is 4.74 Å². The molecule has 2 aromatic heterocycles. The summed E-state index contributed by atoms with van der Waals surface area (Å²) in [5.74, 6) is -0.787. The van der Waals surface area contributed by atoms with Crippen molar-refractivity contribution in [2.24, 2.45) is 0 Å². The highest BCUT2D eigenvalue weighted by atomic mass is 16.5. The van der Waals surface area contributed by atoms with E-state index in [4.69, 9.17) is 4.74 Å². The fourth-order valence-electron chi connectivity index (χ4n) is 1.40. The molecule has 0 aromatic carbocycles. The maximum absolute atomic E-state index is 11.7. The van der Waals surface area contributed by atoms with Gasteiger partial charge in [-0.15, -0.1) is 5.10 Å². The van der Waals surface area contributed by atoms with Crippen LogP contribution in [0.25, 0.3) is 0 Å². The van der Waals surface area contributed by atoms with E-state index in [2.05, 4.69) is 31.4 Å². The smallest absolute Gasteiger partial charge is 0.378 e. The molecule has 0 bridgehead atoms. The van der Waals surface area contributed by atoms with Crippen molar-refractivity contribution in [3.63, 3.8) is 0 Å². The van der Waals surface area contributed by atoms with Gasteiger partial charge in [-0.2, -0.15) is 0 Å². The Kier molecular flexibility index (Phi) is 4.75. The minimum Gasteiger partial charge on any atom is -0.460 e. The highest BCUT2D eigenvalue weighted by Crippen LogP contribution is 1.98. The number of hydrogen-bond donors (Lipinski definition) is 2. The minimum absolute atomic E-state index is 0.134. The number of aromatic nitrogens is 5. The number of rotatable bonds is 6. The van der Waals surface area contributed by atoms with Crippen LogP contribution in [0.1, 0.15) is 17.5 Å². The number of nitrogens with zero attached hydrogens (tertiary/aromatic N) is 5. The van der Waals surface area contributed by atoms with Gasteiger partial charge in [0, 0.05) is 6.20 Å². The number of pyridine rings is 1. The Morgan fingerprint density at radius 2 is 2.24 bits per heavy atom. The maximum Gasteiger partial charge on any atom is 0.378 e. The van der Waals surface area contributed by atoms with E-state index in [1.165, 1.54) is 0 Å². The van der Waals surface area contributed by atoms with Crippen molar-refractivity contribution in [1.82, 2.24) is 30.6 Å². The minimum atomic E-state index is -0.687. The Labute approximate surface area is 119 Å². The van der Waals surface area contributed by atoms with Crippen LogP contribution in [0.5, 0.6) is 0 Å². The lowest BCUT2D eigenvalue weighted by Gasteiger charge is -2.07. The van der Waals surface area contributed by atoms with Crippen LogP contribution in [0.15, 0.2) is 24.4 Å². The third kappa shape index (κ3) is 3.96. The Morgan fingerprint density at radius 3 is 2.95 bits per heavy atom. The zero-order valence-corrected chi connectivity index (χ0v) is 11.2. The molecule has 21 heavy (non-hydrogen) atoms. The van der Waals surface area contributed by atoms with Crippen molar-refractivity contribution in [1.29, 1.82) is 0 Å². The average Bonchev–Trinajstić information content (AvgIpc) is 2.95. The highest BCUT2D eigenvalue weighted by molar-refractivity contribution is 5.86. The molecule has 10 nitrogen and oxygen atoms in total. The van der Waals surface area contributed by atoms with Crippen molar-refractivity contribution in [2.45, 2.75) is 13.5 Å². The molecule has 0 aliphatic carbocycles. The number of carbonyl (C=O) groups excluding carboxylic acids is 2. The van der Waals surface area contributed by atoms with Crippen LogP contribution in [0.3, 0.4) is 0 Å². The molecule has 10 heteroatoms. The number of ether oxygens (including phenoxy) is 1. The Balaban J connectivity index is 1.91. The Morgan fingerprint density at radius 1 is 1.38 bits per heavy atom. The summed E-state index contributed by atoms with van der Waals surface area (Å²) in [5.41, 5.74) is 5.04. The summed E-state index contributed by atoms with van der Waals surface area (Å²) in [6.07, 6.45) is 1.58. The molecular weight excluding hydrogens is 278 g/mol. The molecule has 0 unspecified atom stereocenters. The number of amides is 1. The molecule has 0 aliphatic heterocycles. The molecule has 0 saturated heterocycles. The lowest BCUT2D eigenvalue weighted by Crippen LogP contribution is -2.34. The summed E-state index contributed by atoms with van der Waals surface area (Å²) in [4.78, 5) is 27.3. The van der Waals surface area contributed by atoms with Crippen LogP contribution in [-0.4, -0.2) is 43.7 Å². The van der Waals surface area contributed by atoms with Gasteiger partial charge in [-0.25, -0.2) is 14.5 Å². The maximum atomic E-state index is 11.7. The summed E-state index contributed by atoms with van der Waals surface area (Å²) in [6, 6.07) is 5.20. The van der Waals surface area contributed by atoms with Crippen molar-refractivity contribution in [3.8, 4) is 0 Å². The van der Waals surface area contributed by atoms with Crippen molar-refractivity contribution < 1.29 is 14.3 Å². The van der Waals surface area contributed by atoms with Gasteiger partial charge in [0.2, 0.25) is 0 Å². The first-order valence-electron chi connectivity index (χ1n) is 6.10. The summed E-state index contributed by atoms with van der Waals surface area (Å²) in [7, 11) is 0. The number of esters is 1. The molecule has 1 amide bonds. The van der Waals surface area contributed by atoms with Crippen LogP contribution in [0, 0.1) is 0 Å². The first-order chi connectivity index (χ1) is 10.2. The van der Waals surface area contributed by atoms with Gasteiger partial charge >= 0.3 is 5.97 Å². The first-order valence-corrected chi connectivity index (χ1v) is 6.10. The fourth-order valence-corrected chi connectivity index (χ4v) is 1.40. The van der Waals surface area contributed by atoms with Gasteiger partial charge in [0.15, 0.2) is 0 Å². The number of tetrazole rings is 1. The first kappa shape index (κ1) is 14.4. The van der Waals surface area contributed by atoms with Gasteiger partial charge in [-0.05, 0) is 29.5 Å². The second-order valence-corrected chi connectivity index (χ2v) is 3.77. The fraction of sp³-hybridized carbons (Fsp3) is 0.273. The SMILES string of the molecule is CCOC(=O)c1nnnn1CC(=O)NNc1ccccn1. The standard InChI is InChI=1S/C11H13N7O3/c1-2-21-11(20)10-15-16-17-18(10)7-9(19)14-13-8-5-3-4-6-12-8/h3-6H,2,7H2,1H3,(H,12,13)(H,14,19). The summed E-state index contributed by atoms with van der Waals surface area (Å²) in [5, 5.41) is 10.4. The van der Waals surface area contributed by atoms with Crippen LogP contribution in [-0.2, 0) is 16.1 Å². The van der Waals surface area contributed by atoms with Crippen molar-refractivity contribution in [3.05, 3.63) is 30.2 Å². The Bertz CT molecular complexity index is 613. The number of carbonyl (C=O) groups is 2. The van der Waals surface area contributed by atoms with Crippen LogP contribution in [0.4, 0.5) is 5.82 Å². The largest absolute Gasteiger partial charge is 0.460 e. The van der Waals surface area contributed by atoms with Gasteiger partial charge in [0.05, 0.1) is 6.61 Å². The van der Waals surface area contributed by atoms with Gasteiger partial charge in [0.25, 0.3) is 11.7 Å². The zero-order valence-electron chi connectivity index (χ0n) is 11.2. The molecule has 2 aromatic rings. The van der Waals surface area contributed by atoms with Crippen molar-refractivity contribution in [2.75, 3.05) is 12.0 Å². The van der Waals surface area contributed by atoms with E-state index < -0.39 is 11.9 Å². The normalized spacial score (nSPS) is 9.95. The second-order valence-electron chi connectivity index (χ2n) is 3.77. The van der Waals surface area contributed by atoms with E-state index in [0.29, 0.717) is 5.82 Å². The molecular formula is C11H13N7O3. The molecule has 2 heterocycles. The average molecular weight is 291 g/mol. The van der Waals surface area contributed by atoms with E-state index >= 15 is 0 Å². The van der Waals surface area contributed by atoms with Gasteiger partial charge in [-0.1, -0.05) is 6.07 Å². The van der Waals surface area contributed by atoms with E-state index in [0.717, 1.165) is 4.68 Å². The molecule has 0 fully saturated rings. The quantitative estimate of drug-likeness (QED) is 0.533. The third-order valence-electron chi connectivity index (χ3n) is 2.28. The van der Waals surface area contributed by atoms with Crippen LogP contribution >= 0.6 is 0 Å². The number of anilines is 1. The lowest BCUT2D eigenvalue weighted by atomic mass is 10.5. The van der Waals surface area contributed by atoms with E-state index in [1.54, 1.807) is 31.3 Å². The summed E-state index contributed by atoms with van der Waals surface area (Å²) >= 11 is 0. The molecule has 2 rings (SSSR count). The number of nitrogens with one attached hydrogen (secondary N) is 2. The van der Waals surface area contributed by atoms with E-state index in [1.807, 2.05) is 0 Å². The topological polar surface area (TPSA) is 124 Å². The summed E-state index contributed by atoms with van der Waals surface area (Å²) in [6.45, 7) is 1.62. The predicted octanol–water partition coefficient (Wildman–Crippen LogP) is -0.612. The molecule has 0 aliphatic rings. The summed E-state index contributed by atoms with van der Waals surface area (Å²) < 4.78 is 5.83. The molecule has 110 valence electrons. The second kappa shape index (κ2) is 6.93. The van der Waals surface area contributed by atoms with E-state index in [-0.39, 0.29) is 19.0 Å². The Hall–Kier alpha value is -3.04. The van der Waals surface area contributed by atoms with Crippen molar-refractivity contribution >= 4 is 17.7 Å². The van der Waals surface area contributed by atoms with E-state index in [9.17, 15) is 9.59 Å². The zero-order chi connectivity index (χ0) is 15.1. The van der Waals surface area contributed by atoms with Gasteiger partial charge in [-0.3, -0.25) is 15.6 Å². The molecule has 0 radical (unpaired) electrons. The number of hydrogen-bond acceptors (Lipinski definition) is 8. The molecule has 0 atom stereocenters. The lowest BCUT2D eigenvalue weighted by molar-refractivity contribution is -0.121. The monoisotopic (exact) mass is 291 g/mol. The molecule has 2 N–H and O–H groups in total. The van der Waals surface area contributed by atoms with Gasteiger partial charge in [0.1, 0.15) is 12.4 Å². The third-order valence-corrected chi connectivity index (χ3v) is 2.28. The number of hydrazine groups is 1. The van der Waals surface area contributed by atoms with Crippen LogP contribution < -0.4 is 10.9 Å². The van der Waals surface area contributed by atoms with Crippen LogP contribution in [0.2, 0.25) is 0 Å². The predicted molar refractivity (Wildman–Crippen MR) is 69.8 cm³/mol. The highest BCUT2D eigenvalue weighted by Gasteiger charge is 2.18. The molecule has 0 spiro atoms. The molecule has 0 saturated carbocycles.